The van der Waals surface area contributed by atoms with Gasteiger partial charge in [0.05, 0.1) is 37.0 Å². The summed E-state index contributed by atoms with van der Waals surface area (Å²) in [5.74, 6) is -1.43. The molecule has 0 radical (unpaired) electrons. The van der Waals surface area contributed by atoms with Crippen molar-refractivity contribution in [2.75, 3.05) is 30.9 Å². The molecule has 1 amide bonds. The molecule has 8 bridgehead atoms. The van der Waals surface area contributed by atoms with Crippen LogP contribution in [0.15, 0.2) is 55.0 Å². The molecule has 232 valence electrons. The quantitative estimate of drug-likeness (QED) is 0.231. The SMILES string of the molecule is CCO[P@@]1(=O)Cc2ccc(cc2)Nc2ncc(C(F)(F)F)c(n2)Nc2ccc(nc2C(=O)NC)-c2cnn(c2)C[C@@H](C)CO1. The van der Waals surface area contributed by atoms with Crippen LogP contribution < -0.4 is 16.0 Å². The van der Waals surface area contributed by atoms with Crippen LogP contribution in [0.5, 0.6) is 0 Å². The number of nitrogens with one attached hydrogen (secondary N) is 3. The summed E-state index contributed by atoms with van der Waals surface area (Å²) in [6.45, 7) is 4.42. The highest BCUT2D eigenvalue weighted by Gasteiger charge is 2.36. The minimum atomic E-state index is -4.80. The van der Waals surface area contributed by atoms with E-state index >= 15 is 0 Å². The summed E-state index contributed by atoms with van der Waals surface area (Å²) < 4.78 is 68.5. The maximum Gasteiger partial charge on any atom is 0.421 e. The Bertz CT molecular complexity index is 1700. The smallest absolute Gasteiger partial charge is 0.354 e. The molecular formula is C28H30F3N8O4P. The van der Waals surface area contributed by atoms with Crippen LogP contribution in [0.25, 0.3) is 11.3 Å². The predicted octanol–water partition coefficient (Wildman–Crippen LogP) is 6.00. The van der Waals surface area contributed by atoms with Crippen LogP contribution in [0.3, 0.4) is 0 Å². The number of aromatic nitrogens is 5. The van der Waals surface area contributed by atoms with Crippen molar-refractivity contribution in [2.45, 2.75) is 32.7 Å². The summed E-state index contributed by atoms with van der Waals surface area (Å²) in [5.41, 5.74) is 0.809. The molecule has 7 heterocycles. The number of benzene rings is 1. The summed E-state index contributed by atoms with van der Waals surface area (Å²) in [4.78, 5) is 25.2. The molecule has 0 aliphatic carbocycles. The van der Waals surface area contributed by atoms with Crippen LogP contribution in [0.1, 0.15) is 35.5 Å². The maximum absolute atomic E-state index is 14.0. The molecule has 4 aliphatic rings. The number of hydrogen-bond donors (Lipinski definition) is 3. The van der Waals surface area contributed by atoms with E-state index in [0.29, 0.717) is 35.2 Å². The van der Waals surface area contributed by atoms with Gasteiger partial charge >= 0.3 is 13.8 Å². The molecule has 16 heteroatoms. The molecule has 4 aliphatic heterocycles. The molecule has 8 rings (SSSR count). The Labute approximate surface area is 251 Å². The predicted molar refractivity (Wildman–Crippen MR) is 157 cm³/mol. The van der Waals surface area contributed by atoms with Crippen LogP contribution in [0.2, 0.25) is 0 Å². The van der Waals surface area contributed by atoms with Gasteiger partial charge in [0.2, 0.25) is 5.95 Å². The first-order chi connectivity index (χ1) is 21.0. The summed E-state index contributed by atoms with van der Waals surface area (Å²) in [5, 5.41) is 12.4. The second-order valence-corrected chi connectivity index (χ2v) is 12.2. The lowest BCUT2D eigenvalue weighted by Crippen LogP contribution is -2.21. The van der Waals surface area contributed by atoms with Gasteiger partial charge in [0.25, 0.3) is 5.91 Å². The second kappa shape index (κ2) is 12.7. The lowest BCUT2D eigenvalue weighted by molar-refractivity contribution is -0.137. The van der Waals surface area contributed by atoms with Crippen molar-refractivity contribution in [1.29, 1.82) is 0 Å². The zero-order chi connectivity index (χ0) is 31.5. The highest BCUT2D eigenvalue weighted by Crippen LogP contribution is 2.51. The van der Waals surface area contributed by atoms with Gasteiger partial charge in [-0.3, -0.25) is 14.0 Å². The Balaban J connectivity index is 1.60. The van der Waals surface area contributed by atoms with Crippen molar-refractivity contribution in [3.63, 3.8) is 0 Å². The van der Waals surface area contributed by atoms with E-state index in [9.17, 15) is 22.5 Å². The van der Waals surface area contributed by atoms with E-state index < -0.39 is 31.1 Å². The first-order valence-electron chi connectivity index (χ1n) is 13.7. The number of hydrogen-bond acceptors (Lipinski definition) is 10. The van der Waals surface area contributed by atoms with Gasteiger partial charge in [-0.2, -0.15) is 23.3 Å². The van der Waals surface area contributed by atoms with Crippen LogP contribution >= 0.6 is 7.60 Å². The van der Waals surface area contributed by atoms with Crippen LogP contribution in [-0.2, 0) is 32.5 Å². The van der Waals surface area contributed by atoms with E-state index in [1.165, 1.54) is 13.1 Å². The molecule has 0 fully saturated rings. The zero-order valence-corrected chi connectivity index (χ0v) is 24.9. The van der Waals surface area contributed by atoms with Crippen molar-refractivity contribution in [3.05, 3.63) is 71.8 Å². The molecule has 0 saturated carbocycles. The van der Waals surface area contributed by atoms with Crippen LogP contribution in [0, 0.1) is 5.92 Å². The minimum Gasteiger partial charge on any atom is -0.354 e. The fourth-order valence-corrected chi connectivity index (χ4v) is 6.25. The number of rotatable bonds is 3. The van der Waals surface area contributed by atoms with E-state index in [0.717, 1.165) is 0 Å². The number of halogens is 3. The third-order valence-corrected chi connectivity index (χ3v) is 8.53. The van der Waals surface area contributed by atoms with Gasteiger partial charge in [-0.25, -0.2) is 9.97 Å². The molecule has 2 atom stereocenters. The van der Waals surface area contributed by atoms with Gasteiger partial charge in [-0.15, -0.1) is 0 Å². The van der Waals surface area contributed by atoms with E-state index in [-0.39, 0.29) is 42.6 Å². The van der Waals surface area contributed by atoms with Crippen LogP contribution in [0.4, 0.5) is 36.3 Å². The lowest BCUT2D eigenvalue weighted by Gasteiger charge is -2.20. The Morgan fingerprint density at radius 1 is 1.16 bits per heavy atom. The highest BCUT2D eigenvalue weighted by molar-refractivity contribution is 7.53. The largest absolute Gasteiger partial charge is 0.421 e. The monoisotopic (exact) mass is 630 g/mol. The van der Waals surface area contributed by atoms with E-state index in [1.807, 2.05) is 6.92 Å². The van der Waals surface area contributed by atoms with Gasteiger partial charge in [0.15, 0.2) is 5.69 Å². The number of carbonyl (C=O) groups is 1. The summed E-state index contributed by atoms with van der Waals surface area (Å²) in [6, 6.07) is 9.70. The van der Waals surface area contributed by atoms with Crippen molar-refractivity contribution >= 4 is 36.6 Å². The van der Waals surface area contributed by atoms with Crippen molar-refractivity contribution < 1.29 is 31.6 Å². The second-order valence-electron chi connectivity index (χ2n) is 10.1. The molecule has 3 aromatic heterocycles. The Morgan fingerprint density at radius 2 is 1.93 bits per heavy atom. The Hall–Kier alpha value is -4.33. The number of alkyl halides is 3. The molecule has 1 aromatic carbocycles. The van der Waals surface area contributed by atoms with Gasteiger partial charge in [-0.1, -0.05) is 19.1 Å². The Morgan fingerprint density at radius 3 is 2.64 bits per heavy atom. The van der Waals surface area contributed by atoms with Gasteiger partial charge < -0.3 is 25.0 Å². The van der Waals surface area contributed by atoms with Gasteiger partial charge in [-0.05, 0) is 42.7 Å². The number of pyridine rings is 1. The summed E-state index contributed by atoms with van der Waals surface area (Å²) in [6.07, 6.45) is -0.836. The fourth-order valence-electron chi connectivity index (χ4n) is 4.46. The minimum absolute atomic E-state index is 0.00614. The molecule has 0 unspecified atom stereocenters. The fraction of sp³-hybridized carbons (Fsp3) is 0.321. The highest BCUT2D eigenvalue weighted by atomic mass is 31.2. The van der Waals surface area contributed by atoms with Crippen LogP contribution in [-0.4, -0.2) is 50.9 Å². The van der Waals surface area contributed by atoms with Gasteiger partial charge in [0.1, 0.15) is 11.4 Å². The van der Waals surface area contributed by atoms with Crippen molar-refractivity contribution in [2.24, 2.45) is 5.92 Å². The molecule has 12 nitrogen and oxygen atoms in total. The normalized spacial score (nSPS) is 18.9. The molecule has 0 saturated heterocycles. The van der Waals surface area contributed by atoms with Gasteiger partial charge in [0, 0.05) is 37.2 Å². The first-order valence-corrected chi connectivity index (χ1v) is 15.4. The molecule has 44 heavy (non-hydrogen) atoms. The Kier molecular flexibility index (Phi) is 9.00. The third kappa shape index (κ3) is 7.24. The van der Waals surface area contributed by atoms with Crippen molar-refractivity contribution in [1.82, 2.24) is 30.0 Å². The average Bonchev–Trinajstić information content (AvgIpc) is 3.44. The molecule has 3 N–H and O–H groups in total. The number of carbonyl (C=O) groups excluding carboxylic acids is 1. The molecular weight excluding hydrogens is 600 g/mol. The molecule has 4 aromatic rings. The first kappa shape index (κ1) is 31.1. The van der Waals surface area contributed by atoms with Crippen molar-refractivity contribution in [3.8, 4) is 11.3 Å². The average molecular weight is 631 g/mol. The standard InChI is InChI=1S/C28H30F3N8O4P/c1-4-42-44(41)16-18-5-7-20(8-6-18)35-27-33-12-21(28(29,30)31)25(38-27)37-23-10-9-22(36-24(23)26(40)32-3)19-11-34-39(14-19)13-17(2)15-43-44/h5-12,14,17H,4,13,15-16H2,1-3H3,(H,32,40)(H2,33,35,37,38)/t17-,44+/m1/s1. The third-order valence-electron chi connectivity index (χ3n) is 6.58. The maximum atomic E-state index is 14.0. The zero-order valence-electron chi connectivity index (χ0n) is 24.1. The molecule has 0 spiro atoms. The number of anilines is 4. The number of amides is 1. The lowest BCUT2D eigenvalue weighted by atomic mass is 10.1. The van der Waals surface area contributed by atoms with E-state index in [1.54, 1.807) is 54.3 Å². The summed E-state index contributed by atoms with van der Waals surface area (Å²) >= 11 is 0. The van der Waals surface area contributed by atoms with E-state index in [2.05, 4.69) is 36.0 Å². The summed E-state index contributed by atoms with van der Waals surface area (Å²) in [7, 11) is -2.11. The van der Waals surface area contributed by atoms with E-state index in [4.69, 9.17) is 9.05 Å². The topological polar surface area (TPSA) is 145 Å². The number of nitrogens with zero attached hydrogens (tertiary/aromatic N) is 5.